The molecule has 148 valence electrons. The van der Waals surface area contributed by atoms with Gasteiger partial charge in [-0.15, -0.1) is 0 Å². The summed E-state index contributed by atoms with van der Waals surface area (Å²) in [5.41, 5.74) is 2.82. The van der Waals surface area contributed by atoms with Crippen molar-refractivity contribution in [3.05, 3.63) is 58.1 Å². The van der Waals surface area contributed by atoms with Gasteiger partial charge in [-0.1, -0.05) is 0 Å². The van der Waals surface area contributed by atoms with Crippen LogP contribution in [-0.2, 0) is 25.4 Å². The molecule has 2 aromatic rings. The van der Waals surface area contributed by atoms with Crippen molar-refractivity contribution in [2.45, 2.75) is 25.4 Å². The van der Waals surface area contributed by atoms with E-state index in [2.05, 4.69) is 0 Å². The maximum Gasteiger partial charge on any atom is 0.416 e. The lowest BCUT2D eigenvalue weighted by atomic mass is 9.97. The number of hydrogen-bond acceptors (Lipinski definition) is 3. The van der Waals surface area contributed by atoms with Crippen LogP contribution in [0.4, 0.5) is 13.2 Å². The summed E-state index contributed by atoms with van der Waals surface area (Å²) in [5, 5.41) is 0. The lowest BCUT2D eigenvalue weighted by molar-refractivity contribution is -0.137. The smallest absolute Gasteiger partial charge is 0.416 e. The predicted octanol–water partition coefficient (Wildman–Crippen LogP) is 3.89. The maximum atomic E-state index is 12.7. The Morgan fingerprint density at radius 2 is 1.82 bits per heavy atom. The van der Waals surface area contributed by atoms with Crippen molar-refractivity contribution < 1.29 is 27.4 Å². The third-order valence-corrected chi connectivity index (χ3v) is 5.26. The monoisotopic (exact) mass is 391 g/mol. The molecule has 1 amide bonds. The Hall–Kier alpha value is -2.70. The summed E-state index contributed by atoms with van der Waals surface area (Å²) in [6.45, 7) is 1.73. The second-order valence-electron chi connectivity index (χ2n) is 7.07. The van der Waals surface area contributed by atoms with Gasteiger partial charge in [0.2, 0.25) is 0 Å². The van der Waals surface area contributed by atoms with Crippen LogP contribution in [-0.4, -0.2) is 37.6 Å². The molecule has 2 aliphatic heterocycles. The summed E-state index contributed by atoms with van der Waals surface area (Å²) in [5.74, 6) is 1.49. The number of hydrogen-bond donors (Lipinski definition) is 0. The van der Waals surface area contributed by atoms with Crippen molar-refractivity contribution in [3.8, 4) is 11.5 Å². The molecule has 0 saturated carbocycles. The fourth-order valence-electron chi connectivity index (χ4n) is 3.75. The Kier molecular flexibility index (Phi) is 4.69. The molecule has 0 aliphatic carbocycles. The molecule has 2 aromatic carbocycles. The lowest BCUT2D eigenvalue weighted by Crippen LogP contribution is -2.29. The Labute approximate surface area is 160 Å². The number of rotatable bonds is 4. The molecule has 2 heterocycles. The number of likely N-dealkylation sites (N-methyl/N-ethyl adjacent to an activating group) is 1. The molecule has 2 aliphatic rings. The SMILES string of the molecule is CN(CCc1c2c(cc3c1OCC3)OCC2)C(=O)c1ccc(C(F)(F)F)cc1. The molecule has 0 bridgehead atoms. The van der Waals surface area contributed by atoms with E-state index in [4.69, 9.17) is 9.47 Å². The highest BCUT2D eigenvalue weighted by molar-refractivity contribution is 5.94. The highest BCUT2D eigenvalue weighted by Crippen LogP contribution is 2.40. The molecule has 7 heteroatoms. The minimum Gasteiger partial charge on any atom is -0.493 e. The van der Waals surface area contributed by atoms with Gasteiger partial charge in [-0.3, -0.25) is 4.79 Å². The third-order valence-electron chi connectivity index (χ3n) is 5.26. The van der Waals surface area contributed by atoms with E-state index < -0.39 is 11.7 Å². The van der Waals surface area contributed by atoms with E-state index in [-0.39, 0.29) is 11.5 Å². The van der Waals surface area contributed by atoms with Crippen LogP contribution >= 0.6 is 0 Å². The van der Waals surface area contributed by atoms with Crippen molar-refractivity contribution in [1.29, 1.82) is 0 Å². The molecular weight excluding hydrogens is 371 g/mol. The second-order valence-corrected chi connectivity index (χ2v) is 7.07. The third kappa shape index (κ3) is 3.41. The van der Waals surface area contributed by atoms with Gasteiger partial charge in [0.1, 0.15) is 11.5 Å². The first kappa shape index (κ1) is 18.7. The van der Waals surface area contributed by atoms with E-state index in [0.717, 1.165) is 53.2 Å². The Balaban J connectivity index is 1.48. The number of halogens is 3. The van der Waals surface area contributed by atoms with Crippen molar-refractivity contribution >= 4 is 5.91 Å². The van der Waals surface area contributed by atoms with E-state index in [9.17, 15) is 18.0 Å². The molecule has 0 N–H and O–H groups in total. The lowest BCUT2D eigenvalue weighted by Gasteiger charge is -2.20. The van der Waals surface area contributed by atoms with Gasteiger partial charge < -0.3 is 14.4 Å². The largest absolute Gasteiger partial charge is 0.493 e. The number of nitrogens with zero attached hydrogens (tertiary/aromatic N) is 1. The zero-order valence-electron chi connectivity index (χ0n) is 15.4. The standard InChI is InChI=1S/C21H20F3NO3/c1-25(20(26)13-2-4-15(5-3-13)21(22,23)24)9-6-17-16-8-11-27-18(16)12-14-7-10-28-19(14)17/h2-5,12H,6-11H2,1H3. The zero-order valence-corrected chi connectivity index (χ0v) is 15.4. The fourth-order valence-corrected chi connectivity index (χ4v) is 3.75. The fraction of sp³-hybridized carbons (Fsp3) is 0.381. The van der Waals surface area contributed by atoms with Crippen LogP contribution in [0, 0.1) is 0 Å². The first-order valence-electron chi connectivity index (χ1n) is 9.20. The minimum absolute atomic E-state index is 0.235. The Morgan fingerprint density at radius 3 is 2.54 bits per heavy atom. The van der Waals surface area contributed by atoms with E-state index in [1.807, 2.05) is 6.07 Å². The quantitative estimate of drug-likeness (QED) is 0.794. The summed E-state index contributed by atoms with van der Waals surface area (Å²) in [7, 11) is 1.65. The van der Waals surface area contributed by atoms with Crippen LogP contribution in [0.3, 0.4) is 0 Å². The molecule has 0 aromatic heterocycles. The normalized spacial score (nSPS) is 14.9. The summed E-state index contributed by atoms with van der Waals surface area (Å²) in [6.07, 6.45) is -2.14. The average molecular weight is 391 g/mol. The molecule has 0 radical (unpaired) electrons. The van der Waals surface area contributed by atoms with Gasteiger partial charge in [-0.05, 0) is 36.8 Å². The van der Waals surface area contributed by atoms with Crippen molar-refractivity contribution in [1.82, 2.24) is 4.90 Å². The van der Waals surface area contributed by atoms with E-state index in [0.29, 0.717) is 26.2 Å². The number of amides is 1. The molecule has 0 saturated heterocycles. The first-order chi connectivity index (χ1) is 13.3. The number of alkyl halides is 3. The van der Waals surface area contributed by atoms with Gasteiger partial charge in [0.05, 0.1) is 18.8 Å². The molecule has 0 spiro atoms. The predicted molar refractivity (Wildman–Crippen MR) is 96.9 cm³/mol. The van der Waals surface area contributed by atoms with Crippen LogP contribution in [0.2, 0.25) is 0 Å². The molecule has 0 atom stereocenters. The van der Waals surface area contributed by atoms with Crippen LogP contribution < -0.4 is 9.47 Å². The number of benzene rings is 2. The number of carbonyl (C=O) groups excluding carboxylic acids is 1. The van der Waals surface area contributed by atoms with Crippen molar-refractivity contribution in [2.24, 2.45) is 0 Å². The average Bonchev–Trinajstić information content (AvgIpc) is 3.32. The van der Waals surface area contributed by atoms with Gasteiger partial charge in [0.25, 0.3) is 5.91 Å². The van der Waals surface area contributed by atoms with Gasteiger partial charge in [0.15, 0.2) is 0 Å². The molecule has 4 rings (SSSR count). The summed E-state index contributed by atoms with van der Waals surface area (Å²) in [6, 6.07) is 6.35. The summed E-state index contributed by atoms with van der Waals surface area (Å²) >= 11 is 0. The van der Waals surface area contributed by atoms with Gasteiger partial charge >= 0.3 is 6.18 Å². The number of ether oxygens (including phenoxy) is 2. The zero-order chi connectivity index (χ0) is 19.9. The van der Waals surface area contributed by atoms with E-state index in [1.165, 1.54) is 17.0 Å². The highest BCUT2D eigenvalue weighted by Gasteiger charge is 2.30. The van der Waals surface area contributed by atoms with Crippen LogP contribution in [0.25, 0.3) is 0 Å². The van der Waals surface area contributed by atoms with Gasteiger partial charge in [0, 0.05) is 48.7 Å². The maximum absolute atomic E-state index is 12.7. The molecular formula is C21H20F3NO3. The summed E-state index contributed by atoms with van der Waals surface area (Å²) < 4.78 is 49.6. The topological polar surface area (TPSA) is 38.8 Å². The van der Waals surface area contributed by atoms with Crippen LogP contribution in [0.15, 0.2) is 30.3 Å². The van der Waals surface area contributed by atoms with Crippen molar-refractivity contribution in [3.63, 3.8) is 0 Å². The summed E-state index contributed by atoms with van der Waals surface area (Å²) in [4.78, 5) is 14.1. The molecule has 0 unspecified atom stereocenters. The highest BCUT2D eigenvalue weighted by atomic mass is 19.4. The Bertz CT molecular complexity index is 874. The second kappa shape index (κ2) is 7.04. The first-order valence-corrected chi connectivity index (χ1v) is 9.20. The van der Waals surface area contributed by atoms with Crippen LogP contribution in [0.1, 0.15) is 32.6 Å². The minimum atomic E-state index is -4.41. The van der Waals surface area contributed by atoms with Crippen molar-refractivity contribution in [2.75, 3.05) is 26.8 Å². The van der Waals surface area contributed by atoms with E-state index >= 15 is 0 Å². The van der Waals surface area contributed by atoms with Crippen LogP contribution in [0.5, 0.6) is 11.5 Å². The molecule has 4 nitrogen and oxygen atoms in total. The number of fused-ring (bicyclic) bond motifs is 2. The number of carbonyl (C=O) groups is 1. The molecule has 0 fully saturated rings. The van der Waals surface area contributed by atoms with E-state index in [1.54, 1.807) is 7.05 Å². The molecule has 28 heavy (non-hydrogen) atoms. The van der Waals surface area contributed by atoms with Gasteiger partial charge in [-0.2, -0.15) is 13.2 Å². The van der Waals surface area contributed by atoms with Gasteiger partial charge in [-0.25, -0.2) is 0 Å². The Morgan fingerprint density at radius 1 is 1.11 bits per heavy atom.